The summed E-state index contributed by atoms with van der Waals surface area (Å²) < 4.78 is 0. The lowest BCUT2D eigenvalue weighted by Gasteiger charge is -2.29. The summed E-state index contributed by atoms with van der Waals surface area (Å²) in [4.78, 5) is 50.6. The van der Waals surface area contributed by atoms with Crippen LogP contribution >= 0.6 is 12.6 Å². The number of hydrogen-bond donors (Lipinski definition) is 6. The van der Waals surface area contributed by atoms with Crippen LogP contribution in [0.3, 0.4) is 0 Å². The number of rotatable bonds is 9. The fourth-order valence-corrected chi connectivity index (χ4v) is 3.47. The molecule has 1 saturated heterocycles. The van der Waals surface area contributed by atoms with Crippen LogP contribution in [0.2, 0.25) is 0 Å². The number of carboxylic acids is 1. The Balaban J connectivity index is 2.21. The first-order chi connectivity index (χ1) is 14.6. The Morgan fingerprint density at radius 3 is 2.45 bits per heavy atom. The maximum atomic E-state index is 13.3. The van der Waals surface area contributed by atoms with Crippen LogP contribution in [-0.2, 0) is 25.6 Å². The van der Waals surface area contributed by atoms with Crippen LogP contribution in [0.5, 0.6) is 5.75 Å². The molecule has 1 aromatic carbocycles. The molecule has 1 aromatic rings. The molecule has 31 heavy (non-hydrogen) atoms. The van der Waals surface area contributed by atoms with Crippen LogP contribution < -0.4 is 16.4 Å². The van der Waals surface area contributed by atoms with Crippen molar-refractivity contribution in [2.45, 2.75) is 50.4 Å². The summed E-state index contributed by atoms with van der Waals surface area (Å²) >= 11 is 4.01. The molecule has 0 aliphatic carbocycles. The molecule has 0 bridgehead atoms. The van der Waals surface area contributed by atoms with E-state index in [1.807, 2.05) is 0 Å². The molecule has 1 aliphatic rings. The number of nitrogens with zero attached hydrogens (tertiary/aromatic N) is 1. The number of aliphatic carboxylic acids is 1. The third-order valence-electron chi connectivity index (χ3n) is 5.09. The van der Waals surface area contributed by atoms with Gasteiger partial charge in [0.15, 0.2) is 0 Å². The summed E-state index contributed by atoms with van der Waals surface area (Å²) in [6.07, 6.45) is 1.09. The van der Waals surface area contributed by atoms with Gasteiger partial charge in [-0.25, -0.2) is 0 Å². The zero-order chi connectivity index (χ0) is 23.1. The molecule has 10 nitrogen and oxygen atoms in total. The molecule has 0 saturated carbocycles. The maximum Gasteiger partial charge on any atom is 0.325 e. The van der Waals surface area contributed by atoms with Crippen LogP contribution in [0.25, 0.3) is 0 Å². The smallest absolute Gasteiger partial charge is 0.325 e. The number of phenolic OH excluding ortho intramolecular Hbond substituents is 1. The van der Waals surface area contributed by atoms with E-state index in [1.165, 1.54) is 24.0 Å². The molecule has 0 spiro atoms. The van der Waals surface area contributed by atoms with Crippen LogP contribution in [0.4, 0.5) is 0 Å². The molecular formula is C20H28N4O6S. The van der Waals surface area contributed by atoms with Crippen molar-refractivity contribution in [2.24, 2.45) is 5.73 Å². The first kappa shape index (κ1) is 24.5. The van der Waals surface area contributed by atoms with Crippen LogP contribution in [-0.4, -0.2) is 75.3 Å². The van der Waals surface area contributed by atoms with E-state index in [1.54, 1.807) is 12.1 Å². The van der Waals surface area contributed by atoms with Crippen molar-refractivity contribution in [3.05, 3.63) is 29.8 Å². The molecule has 4 atom stereocenters. The van der Waals surface area contributed by atoms with Crippen molar-refractivity contribution in [3.63, 3.8) is 0 Å². The Morgan fingerprint density at radius 1 is 1.23 bits per heavy atom. The van der Waals surface area contributed by atoms with Gasteiger partial charge in [0.05, 0.1) is 6.04 Å². The Bertz CT molecular complexity index is 818. The molecule has 4 unspecified atom stereocenters. The Labute approximate surface area is 185 Å². The minimum atomic E-state index is -1.18. The normalized spacial score (nSPS) is 18.7. The number of thiol groups is 1. The second-order valence-electron chi connectivity index (χ2n) is 7.48. The van der Waals surface area contributed by atoms with E-state index in [-0.39, 0.29) is 17.9 Å². The monoisotopic (exact) mass is 452 g/mol. The largest absolute Gasteiger partial charge is 0.508 e. The average Bonchev–Trinajstić information content (AvgIpc) is 3.23. The van der Waals surface area contributed by atoms with Crippen molar-refractivity contribution in [1.82, 2.24) is 15.5 Å². The molecule has 1 aliphatic heterocycles. The molecule has 0 aromatic heterocycles. The SMILES string of the molecule is CC(NC(=O)C1CCCN1C(=O)C(Cc1ccc(O)cc1)NC(=O)C(N)CS)C(=O)O. The van der Waals surface area contributed by atoms with E-state index in [4.69, 9.17) is 10.8 Å². The van der Waals surface area contributed by atoms with Gasteiger partial charge in [0.2, 0.25) is 17.7 Å². The standard InChI is InChI=1S/C20H28N4O6S/c1-11(20(29)30)22-18(27)16-3-2-8-24(16)19(28)15(23-17(26)14(21)10-31)9-12-4-6-13(25)7-5-12/h4-7,11,14-16,25,31H,2-3,8-10,21H2,1H3,(H,22,27)(H,23,26)(H,29,30). The van der Waals surface area contributed by atoms with Crippen molar-refractivity contribution in [2.75, 3.05) is 12.3 Å². The number of phenols is 1. The molecule has 11 heteroatoms. The number of amides is 3. The number of carbonyl (C=O) groups excluding carboxylic acids is 3. The van der Waals surface area contributed by atoms with Crippen LogP contribution in [0.1, 0.15) is 25.3 Å². The maximum absolute atomic E-state index is 13.3. The number of nitrogens with one attached hydrogen (secondary N) is 2. The summed E-state index contributed by atoms with van der Waals surface area (Å²) in [6.45, 7) is 1.65. The summed E-state index contributed by atoms with van der Waals surface area (Å²) in [7, 11) is 0. The van der Waals surface area contributed by atoms with Crippen LogP contribution in [0.15, 0.2) is 24.3 Å². The number of nitrogens with two attached hydrogens (primary N) is 1. The lowest BCUT2D eigenvalue weighted by atomic mass is 10.0. The van der Waals surface area contributed by atoms with Crippen molar-refractivity contribution < 1.29 is 29.4 Å². The fourth-order valence-electron chi connectivity index (χ4n) is 3.30. The third kappa shape index (κ3) is 6.59. The molecule has 2 rings (SSSR count). The highest BCUT2D eigenvalue weighted by Crippen LogP contribution is 2.20. The lowest BCUT2D eigenvalue weighted by molar-refractivity contribution is -0.144. The number of carboxylic acid groups (broad SMARTS) is 1. The van der Waals surface area contributed by atoms with E-state index in [0.717, 1.165) is 0 Å². The van der Waals surface area contributed by atoms with Crippen molar-refractivity contribution >= 4 is 36.3 Å². The van der Waals surface area contributed by atoms with Gasteiger partial charge in [-0.05, 0) is 37.5 Å². The zero-order valence-corrected chi connectivity index (χ0v) is 18.0. The van der Waals surface area contributed by atoms with Crippen LogP contribution in [0, 0.1) is 0 Å². The van der Waals surface area contributed by atoms with Gasteiger partial charge in [0.1, 0.15) is 23.9 Å². The minimum absolute atomic E-state index is 0.0663. The highest BCUT2D eigenvalue weighted by molar-refractivity contribution is 7.80. The number of benzene rings is 1. The lowest BCUT2D eigenvalue weighted by Crippen LogP contribution is -2.57. The minimum Gasteiger partial charge on any atom is -0.508 e. The number of carbonyl (C=O) groups is 4. The second kappa shape index (κ2) is 11.0. The Morgan fingerprint density at radius 2 is 1.87 bits per heavy atom. The molecule has 6 N–H and O–H groups in total. The summed E-state index contributed by atoms with van der Waals surface area (Å²) in [6, 6.07) is 2.38. The van der Waals surface area contributed by atoms with Gasteiger partial charge < -0.3 is 31.5 Å². The third-order valence-corrected chi connectivity index (χ3v) is 5.49. The number of aromatic hydroxyl groups is 1. The highest BCUT2D eigenvalue weighted by atomic mass is 32.1. The van der Waals surface area contributed by atoms with E-state index < -0.39 is 47.9 Å². The van der Waals surface area contributed by atoms with Gasteiger partial charge in [0, 0.05) is 18.7 Å². The van der Waals surface area contributed by atoms with Gasteiger partial charge in [-0.15, -0.1) is 0 Å². The molecule has 0 radical (unpaired) electrons. The van der Waals surface area contributed by atoms with E-state index in [9.17, 15) is 24.3 Å². The molecule has 3 amide bonds. The molecule has 170 valence electrons. The van der Waals surface area contributed by atoms with Gasteiger partial charge in [0.25, 0.3) is 0 Å². The Hall–Kier alpha value is -2.79. The van der Waals surface area contributed by atoms with Crippen molar-refractivity contribution in [3.8, 4) is 5.75 Å². The summed E-state index contributed by atoms with van der Waals surface area (Å²) in [5.41, 5.74) is 6.41. The second-order valence-corrected chi connectivity index (χ2v) is 7.84. The molecular weight excluding hydrogens is 424 g/mol. The topological polar surface area (TPSA) is 162 Å². The number of likely N-dealkylation sites (tertiary alicyclic amines) is 1. The number of hydrogen-bond acceptors (Lipinski definition) is 7. The highest BCUT2D eigenvalue weighted by Gasteiger charge is 2.38. The quantitative estimate of drug-likeness (QED) is 0.269. The first-order valence-electron chi connectivity index (χ1n) is 9.92. The van der Waals surface area contributed by atoms with Gasteiger partial charge in [-0.3, -0.25) is 19.2 Å². The summed E-state index contributed by atoms with van der Waals surface area (Å²) in [5.74, 6) is -2.59. The Kier molecular flexibility index (Phi) is 8.69. The average molecular weight is 453 g/mol. The predicted octanol–water partition coefficient (Wildman–Crippen LogP) is -0.743. The summed E-state index contributed by atoms with van der Waals surface area (Å²) in [5, 5.41) is 23.5. The van der Waals surface area contributed by atoms with Crippen molar-refractivity contribution in [1.29, 1.82) is 0 Å². The first-order valence-corrected chi connectivity index (χ1v) is 10.6. The zero-order valence-electron chi connectivity index (χ0n) is 17.2. The van der Waals surface area contributed by atoms with E-state index in [0.29, 0.717) is 24.9 Å². The molecule has 1 heterocycles. The van der Waals surface area contributed by atoms with Gasteiger partial charge in [-0.2, -0.15) is 12.6 Å². The van der Waals surface area contributed by atoms with E-state index in [2.05, 4.69) is 23.3 Å². The van der Waals surface area contributed by atoms with Gasteiger partial charge >= 0.3 is 5.97 Å². The van der Waals surface area contributed by atoms with E-state index >= 15 is 0 Å². The fraction of sp³-hybridized carbons (Fsp3) is 0.500. The predicted molar refractivity (Wildman–Crippen MR) is 116 cm³/mol. The van der Waals surface area contributed by atoms with Gasteiger partial charge in [-0.1, -0.05) is 12.1 Å². The molecule has 1 fully saturated rings.